The highest BCUT2D eigenvalue weighted by atomic mass is 35.5. The topological polar surface area (TPSA) is 38.7 Å². The van der Waals surface area contributed by atoms with Crippen LogP contribution >= 0.6 is 11.6 Å². The average molecular weight is 210 g/mol. The summed E-state index contributed by atoms with van der Waals surface area (Å²) in [6.45, 7) is 0. The standard InChI is InChI=1S/C9H5ClFN3/c10-7-3-1-6(2-4-7)8-5-12-14-9(11)13-8/h1-5H. The van der Waals surface area contributed by atoms with Gasteiger partial charge in [-0.15, -0.1) is 0 Å². The largest absolute Gasteiger partial charge is 0.327 e. The van der Waals surface area contributed by atoms with Gasteiger partial charge < -0.3 is 0 Å². The van der Waals surface area contributed by atoms with Crippen LogP contribution in [0.1, 0.15) is 0 Å². The summed E-state index contributed by atoms with van der Waals surface area (Å²) < 4.78 is 12.6. The van der Waals surface area contributed by atoms with Gasteiger partial charge in [0.25, 0.3) is 0 Å². The van der Waals surface area contributed by atoms with Gasteiger partial charge in [-0.1, -0.05) is 28.8 Å². The highest BCUT2D eigenvalue weighted by Gasteiger charge is 2.01. The smallest absolute Gasteiger partial charge is 0.199 e. The molecule has 14 heavy (non-hydrogen) atoms. The van der Waals surface area contributed by atoms with Gasteiger partial charge in [0.05, 0.1) is 11.9 Å². The summed E-state index contributed by atoms with van der Waals surface area (Å²) in [5.41, 5.74) is 1.19. The van der Waals surface area contributed by atoms with Crippen LogP contribution in [0.4, 0.5) is 4.39 Å². The molecule has 2 aromatic rings. The van der Waals surface area contributed by atoms with Gasteiger partial charge in [-0.3, -0.25) is 0 Å². The number of rotatable bonds is 1. The van der Waals surface area contributed by atoms with Crippen LogP contribution in [0.3, 0.4) is 0 Å². The molecule has 0 bridgehead atoms. The van der Waals surface area contributed by atoms with Crippen LogP contribution in [-0.2, 0) is 0 Å². The van der Waals surface area contributed by atoms with Crippen molar-refractivity contribution in [3.8, 4) is 11.3 Å². The molecule has 0 spiro atoms. The van der Waals surface area contributed by atoms with E-state index in [9.17, 15) is 4.39 Å². The van der Waals surface area contributed by atoms with Crippen molar-refractivity contribution >= 4 is 11.6 Å². The van der Waals surface area contributed by atoms with Crippen LogP contribution in [-0.4, -0.2) is 15.2 Å². The lowest BCUT2D eigenvalue weighted by molar-refractivity contribution is 0.520. The van der Waals surface area contributed by atoms with Gasteiger partial charge in [-0.05, 0) is 12.1 Å². The Labute approximate surface area is 84.6 Å². The molecule has 0 saturated heterocycles. The summed E-state index contributed by atoms with van der Waals surface area (Å²) in [7, 11) is 0. The Kier molecular flexibility index (Phi) is 2.37. The molecule has 0 N–H and O–H groups in total. The summed E-state index contributed by atoms with van der Waals surface area (Å²) in [6.07, 6.45) is 0.559. The molecule has 0 saturated carbocycles. The van der Waals surface area contributed by atoms with Crippen LogP contribution in [0, 0.1) is 6.08 Å². The molecule has 1 heterocycles. The molecule has 0 fully saturated rings. The predicted octanol–water partition coefficient (Wildman–Crippen LogP) is 2.33. The van der Waals surface area contributed by atoms with Crippen molar-refractivity contribution in [3.05, 3.63) is 41.6 Å². The molecule has 2 rings (SSSR count). The normalized spacial score (nSPS) is 10.1. The molecule has 0 aliphatic carbocycles. The van der Waals surface area contributed by atoms with Gasteiger partial charge in [-0.2, -0.15) is 14.5 Å². The Bertz CT molecular complexity index is 444. The number of nitrogens with zero attached hydrogens (tertiary/aromatic N) is 3. The van der Waals surface area contributed by atoms with E-state index in [2.05, 4.69) is 15.2 Å². The van der Waals surface area contributed by atoms with E-state index < -0.39 is 6.08 Å². The summed E-state index contributed by atoms with van der Waals surface area (Å²) >= 11 is 5.71. The lowest BCUT2D eigenvalue weighted by Crippen LogP contribution is -1.94. The summed E-state index contributed by atoms with van der Waals surface area (Å²) in [5.74, 6) is 0. The fourth-order valence-electron chi connectivity index (χ4n) is 1.04. The van der Waals surface area contributed by atoms with Crippen LogP contribution in [0.5, 0.6) is 0 Å². The van der Waals surface area contributed by atoms with E-state index >= 15 is 0 Å². The number of halogens is 2. The molecular weight excluding hydrogens is 205 g/mol. The van der Waals surface area contributed by atoms with Gasteiger partial charge in [0.2, 0.25) is 0 Å². The summed E-state index contributed by atoms with van der Waals surface area (Å²) in [4.78, 5) is 3.59. The number of aromatic nitrogens is 3. The number of hydrogen-bond acceptors (Lipinski definition) is 3. The summed E-state index contributed by atoms with van der Waals surface area (Å²) in [5, 5.41) is 7.21. The minimum Gasteiger partial charge on any atom is -0.199 e. The zero-order valence-electron chi connectivity index (χ0n) is 6.98. The average Bonchev–Trinajstić information content (AvgIpc) is 2.19. The van der Waals surface area contributed by atoms with Crippen LogP contribution < -0.4 is 0 Å². The predicted molar refractivity (Wildman–Crippen MR) is 50.2 cm³/mol. The molecule has 1 aromatic heterocycles. The minimum absolute atomic E-state index is 0.439. The van der Waals surface area contributed by atoms with E-state index in [0.29, 0.717) is 10.7 Å². The van der Waals surface area contributed by atoms with E-state index in [1.165, 1.54) is 6.20 Å². The van der Waals surface area contributed by atoms with Gasteiger partial charge in [0.15, 0.2) is 0 Å². The van der Waals surface area contributed by atoms with Crippen LogP contribution in [0.25, 0.3) is 11.3 Å². The third kappa shape index (κ3) is 1.85. The van der Waals surface area contributed by atoms with Crippen molar-refractivity contribution in [2.45, 2.75) is 0 Å². The lowest BCUT2D eigenvalue weighted by atomic mass is 10.2. The lowest BCUT2D eigenvalue weighted by Gasteiger charge is -1.98. The maximum Gasteiger partial charge on any atom is 0.327 e. The van der Waals surface area contributed by atoms with Crippen molar-refractivity contribution in [3.63, 3.8) is 0 Å². The second-order valence-electron chi connectivity index (χ2n) is 2.62. The molecule has 70 valence electrons. The van der Waals surface area contributed by atoms with Gasteiger partial charge in [0.1, 0.15) is 0 Å². The second-order valence-corrected chi connectivity index (χ2v) is 3.05. The first-order chi connectivity index (χ1) is 6.75. The molecule has 0 aliphatic rings. The zero-order valence-corrected chi connectivity index (χ0v) is 7.74. The quantitative estimate of drug-likeness (QED) is 0.724. The van der Waals surface area contributed by atoms with Gasteiger partial charge in [0, 0.05) is 10.6 Å². The van der Waals surface area contributed by atoms with E-state index in [4.69, 9.17) is 11.6 Å². The maximum atomic E-state index is 12.6. The van der Waals surface area contributed by atoms with E-state index in [1.54, 1.807) is 24.3 Å². The molecule has 1 aromatic carbocycles. The molecule has 3 nitrogen and oxygen atoms in total. The van der Waals surface area contributed by atoms with Crippen molar-refractivity contribution < 1.29 is 4.39 Å². The first kappa shape index (κ1) is 9.02. The van der Waals surface area contributed by atoms with Gasteiger partial charge >= 0.3 is 6.08 Å². The Morgan fingerprint density at radius 2 is 1.86 bits per heavy atom. The molecule has 0 radical (unpaired) electrons. The van der Waals surface area contributed by atoms with E-state index in [-0.39, 0.29) is 0 Å². The third-order valence-electron chi connectivity index (χ3n) is 1.67. The Hall–Kier alpha value is -1.55. The summed E-state index contributed by atoms with van der Waals surface area (Å²) in [6, 6.07) is 6.89. The van der Waals surface area contributed by atoms with Gasteiger partial charge in [-0.25, -0.2) is 0 Å². The molecule has 5 heteroatoms. The maximum absolute atomic E-state index is 12.6. The molecule has 0 unspecified atom stereocenters. The van der Waals surface area contributed by atoms with E-state index in [1.807, 2.05) is 0 Å². The molecule has 0 atom stereocenters. The number of hydrogen-bond donors (Lipinski definition) is 0. The minimum atomic E-state index is -0.836. The zero-order chi connectivity index (χ0) is 9.97. The van der Waals surface area contributed by atoms with Crippen molar-refractivity contribution in [2.75, 3.05) is 0 Å². The van der Waals surface area contributed by atoms with Crippen molar-refractivity contribution in [1.82, 2.24) is 15.2 Å². The van der Waals surface area contributed by atoms with Crippen molar-refractivity contribution in [1.29, 1.82) is 0 Å². The molecule has 0 aliphatic heterocycles. The highest BCUT2D eigenvalue weighted by Crippen LogP contribution is 2.18. The fraction of sp³-hybridized carbons (Fsp3) is 0. The fourth-order valence-corrected chi connectivity index (χ4v) is 1.17. The highest BCUT2D eigenvalue weighted by molar-refractivity contribution is 6.30. The molecular formula is C9H5ClFN3. The Morgan fingerprint density at radius 3 is 2.50 bits per heavy atom. The Morgan fingerprint density at radius 1 is 1.14 bits per heavy atom. The SMILES string of the molecule is Fc1nncc(-c2ccc(Cl)cc2)n1. The third-order valence-corrected chi connectivity index (χ3v) is 1.92. The number of benzene rings is 1. The molecule has 0 amide bonds. The monoisotopic (exact) mass is 209 g/mol. The first-order valence-electron chi connectivity index (χ1n) is 3.87. The van der Waals surface area contributed by atoms with Crippen LogP contribution in [0.2, 0.25) is 5.02 Å². The first-order valence-corrected chi connectivity index (χ1v) is 4.24. The van der Waals surface area contributed by atoms with Crippen molar-refractivity contribution in [2.24, 2.45) is 0 Å². The second kappa shape index (κ2) is 3.67. The van der Waals surface area contributed by atoms with Crippen LogP contribution in [0.15, 0.2) is 30.5 Å². The Balaban J connectivity index is 2.44. The van der Waals surface area contributed by atoms with E-state index in [0.717, 1.165) is 5.56 Å².